The highest BCUT2D eigenvalue weighted by atomic mass is 19.1. The van der Waals surface area contributed by atoms with E-state index in [0.29, 0.717) is 5.56 Å². The maximum atomic E-state index is 13.2. The van der Waals surface area contributed by atoms with E-state index in [1.165, 1.54) is 30.1 Å². The lowest BCUT2D eigenvalue weighted by Gasteiger charge is -2.19. The third kappa shape index (κ3) is 4.78. The Morgan fingerprint density at radius 2 is 1.90 bits per heavy atom. The minimum Gasteiger partial charge on any atom is -0.486 e. The maximum absolute atomic E-state index is 13.2. The second-order valence-electron chi connectivity index (χ2n) is 6.23. The van der Waals surface area contributed by atoms with Crippen LogP contribution in [0.2, 0.25) is 0 Å². The number of hydrogen-bond acceptors (Lipinski definition) is 7. The van der Waals surface area contributed by atoms with Gasteiger partial charge in [-0.2, -0.15) is 0 Å². The Labute approximate surface area is 164 Å². The van der Waals surface area contributed by atoms with Crippen molar-refractivity contribution in [2.75, 3.05) is 26.9 Å². The van der Waals surface area contributed by atoms with Gasteiger partial charge in [0.15, 0.2) is 18.1 Å². The highest BCUT2D eigenvalue weighted by Crippen LogP contribution is 2.36. The molecule has 0 saturated carbocycles. The summed E-state index contributed by atoms with van der Waals surface area (Å²) in [7, 11) is 1.47. The lowest BCUT2D eigenvalue weighted by atomic mass is 10.1. The first-order chi connectivity index (χ1) is 13.8. The van der Waals surface area contributed by atoms with Gasteiger partial charge in [-0.1, -0.05) is 12.1 Å². The molecule has 0 atom stereocenters. The van der Waals surface area contributed by atoms with Gasteiger partial charge in [0.25, 0.3) is 11.6 Å². The largest absolute Gasteiger partial charge is 0.486 e. The predicted molar refractivity (Wildman–Crippen MR) is 97.2 cm³/mol. The number of halogens is 1. The Morgan fingerprint density at radius 3 is 2.55 bits per heavy atom. The fourth-order valence-electron chi connectivity index (χ4n) is 2.71. The van der Waals surface area contributed by atoms with Crippen LogP contribution in [-0.4, -0.2) is 48.6 Å². The predicted octanol–water partition coefficient (Wildman–Crippen LogP) is 2.32. The number of carbonyl (C=O) groups excluding carboxylic acids is 2. The zero-order valence-electron chi connectivity index (χ0n) is 15.4. The van der Waals surface area contributed by atoms with Crippen LogP contribution in [0.5, 0.6) is 11.5 Å². The fourth-order valence-corrected chi connectivity index (χ4v) is 2.71. The van der Waals surface area contributed by atoms with Crippen LogP contribution in [-0.2, 0) is 16.1 Å². The Bertz CT molecular complexity index is 964. The van der Waals surface area contributed by atoms with Gasteiger partial charge in [-0.25, -0.2) is 9.18 Å². The second-order valence-corrected chi connectivity index (χ2v) is 6.23. The van der Waals surface area contributed by atoms with Gasteiger partial charge in [-0.05, 0) is 17.7 Å². The molecule has 0 aliphatic carbocycles. The van der Waals surface area contributed by atoms with E-state index >= 15 is 0 Å². The van der Waals surface area contributed by atoms with Crippen molar-refractivity contribution in [1.29, 1.82) is 0 Å². The van der Waals surface area contributed by atoms with E-state index in [1.54, 1.807) is 6.07 Å². The van der Waals surface area contributed by atoms with E-state index in [4.69, 9.17) is 14.2 Å². The quantitative estimate of drug-likeness (QED) is 0.413. The molecule has 1 amide bonds. The van der Waals surface area contributed by atoms with Crippen molar-refractivity contribution in [3.05, 3.63) is 63.5 Å². The molecular weight excluding hydrogens is 387 g/mol. The van der Waals surface area contributed by atoms with Crippen molar-refractivity contribution in [2.45, 2.75) is 6.54 Å². The van der Waals surface area contributed by atoms with E-state index in [2.05, 4.69) is 0 Å². The molecular formula is C19H17FN2O7. The maximum Gasteiger partial charge on any atom is 0.345 e. The number of benzene rings is 2. The van der Waals surface area contributed by atoms with E-state index in [1.807, 2.05) is 0 Å². The molecule has 0 unspecified atom stereocenters. The molecule has 1 aliphatic heterocycles. The molecule has 0 spiro atoms. The molecule has 152 valence electrons. The van der Waals surface area contributed by atoms with Crippen LogP contribution < -0.4 is 9.47 Å². The molecule has 2 aromatic carbocycles. The number of fused-ring (bicyclic) bond motifs is 1. The Kier molecular flexibility index (Phi) is 5.91. The number of carbonyl (C=O) groups is 2. The van der Waals surface area contributed by atoms with Gasteiger partial charge in [0.05, 0.1) is 11.0 Å². The standard InChI is InChI=1S/C19H17FN2O7/c1-21(10-12-3-2-4-13(20)7-12)18(23)11-29-19(24)14-8-16-17(28-6-5-27-16)9-15(14)22(25)26/h2-4,7-9H,5-6,10-11H2,1H3. The Hall–Kier alpha value is -3.69. The lowest BCUT2D eigenvalue weighted by molar-refractivity contribution is -0.385. The van der Waals surface area contributed by atoms with E-state index < -0.39 is 34.9 Å². The number of hydrogen-bond donors (Lipinski definition) is 0. The summed E-state index contributed by atoms with van der Waals surface area (Å²) in [6, 6.07) is 7.99. The van der Waals surface area contributed by atoms with Gasteiger partial charge in [0.1, 0.15) is 24.6 Å². The van der Waals surface area contributed by atoms with Crippen LogP contribution in [0.25, 0.3) is 0 Å². The summed E-state index contributed by atoms with van der Waals surface area (Å²) in [5.74, 6) is -1.68. The van der Waals surface area contributed by atoms with Crippen molar-refractivity contribution < 1.29 is 33.1 Å². The van der Waals surface area contributed by atoms with Gasteiger partial charge in [-0.15, -0.1) is 0 Å². The molecule has 0 saturated heterocycles. The van der Waals surface area contributed by atoms with E-state index in [9.17, 15) is 24.1 Å². The Morgan fingerprint density at radius 1 is 1.21 bits per heavy atom. The number of nitro groups is 1. The number of likely N-dealkylation sites (N-methyl/N-ethyl adjacent to an activating group) is 1. The monoisotopic (exact) mass is 404 g/mol. The molecule has 0 fully saturated rings. The molecule has 0 N–H and O–H groups in total. The second kappa shape index (κ2) is 8.55. The molecule has 2 aromatic rings. The molecule has 1 heterocycles. The number of amides is 1. The molecule has 0 aromatic heterocycles. The number of ether oxygens (including phenoxy) is 3. The first kappa shape index (κ1) is 20.1. The molecule has 10 heteroatoms. The summed E-state index contributed by atoms with van der Waals surface area (Å²) in [5, 5.41) is 11.3. The summed E-state index contributed by atoms with van der Waals surface area (Å²) < 4.78 is 28.8. The topological polar surface area (TPSA) is 108 Å². The van der Waals surface area contributed by atoms with Crippen molar-refractivity contribution in [3.8, 4) is 11.5 Å². The van der Waals surface area contributed by atoms with Crippen LogP contribution in [0, 0.1) is 15.9 Å². The van der Waals surface area contributed by atoms with Crippen molar-refractivity contribution >= 4 is 17.6 Å². The van der Waals surface area contributed by atoms with Crippen LogP contribution in [0.4, 0.5) is 10.1 Å². The van der Waals surface area contributed by atoms with Gasteiger partial charge in [0.2, 0.25) is 0 Å². The van der Waals surface area contributed by atoms with Crippen molar-refractivity contribution in [1.82, 2.24) is 4.90 Å². The molecule has 1 aliphatic rings. The van der Waals surface area contributed by atoms with E-state index in [0.717, 1.165) is 12.1 Å². The lowest BCUT2D eigenvalue weighted by Crippen LogP contribution is -2.31. The van der Waals surface area contributed by atoms with Gasteiger partial charge < -0.3 is 19.1 Å². The zero-order chi connectivity index (χ0) is 21.0. The van der Waals surface area contributed by atoms with Gasteiger partial charge in [0, 0.05) is 19.7 Å². The van der Waals surface area contributed by atoms with E-state index in [-0.39, 0.29) is 36.8 Å². The van der Waals surface area contributed by atoms with Crippen LogP contribution in [0.1, 0.15) is 15.9 Å². The number of nitro benzene ring substituents is 1. The SMILES string of the molecule is CN(Cc1cccc(F)c1)C(=O)COC(=O)c1cc2c(cc1[N+](=O)[O-])OCCO2. The minimum absolute atomic E-state index is 0.109. The Balaban J connectivity index is 1.67. The first-order valence-corrected chi connectivity index (χ1v) is 8.58. The summed E-state index contributed by atoms with van der Waals surface area (Å²) in [6.45, 7) is -0.0443. The summed E-state index contributed by atoms with van der Waals surface area (Å²) >= 11 is 0. The average molecular weight is 404 g/mol. The highest BCUT2D eigenvalue weighted by Gasteiger charge is 2.28. The normalized spacial score (nSPS) is 12.2. The fraction of sp³-hybridized carbons (Fsp3) is 0.263. The van der Waals surface area contributed by atoms with Gasteiger partial charge in [-0.3, -0.25) is 14.9 Å². The molecule has 3 rings (SSSR count). The van der Waals surface area contributed by atoms with Crippen molar-refractivity contribution in [3.63, 3.8) is 0 Å². The molecule has 0 radical (unpaired) electrons. The number of esters is 1. The summed E-state index contributed by atoms with van der Waals surface area (Å²) in [6.07, 6.45) is 0. The van der Waals surface area contributed by atoms with Crippen molar-refractivity contribution in [2.24, 2.45) is 0 Å². The van der Waals surface area contributed by atoms with Crippen LogP contribution in [0.15, 0.2) is 36.4 Å². The number of rotatable bonds is 6. The zero-order valence-corrected chi connectivity index (χ0v) is 15.4. The van der Waals surface area contributed by atoms with Crippen LogP contribution >= 0.6 is 0 Å². The third-order valence-electron chi connectivity index (χ3n) is 4.14. The molecule has 0 bridgehead atoms. The highest BCUT2D eigenvalue weighted by molar-refractivity contribution is 5.96. The molecule has 29 heavy (non-hydrogen) atoms. The summed E-state index contributed by atoms with van der Waals surface area (Å²) in [5.41, 5.74) is -0.297. The smallest absolute Gasteiger partial charge is 0.345 e. The molecule has 9 nitrogen and oxygen atoms in total. The van der Waals surface area contributed by atoms with Gasteiger partial charge >= 0.3 is 5.97 Å². The first-order valence-electron chi connectivity index (χ1n) is 8.58. The average Bonchev–Trinajstić information content (AvgIpc) is 2.70. The number of nitrogens with zero attached hydrogens (tertiary/aromatic N) is 2. The van der Waals surface area contributed by atoms with Crippen LogP contribution in [0.3, 0.4) is 0 Å². The third-order valence-corrected chi connectivity index (χ3v) is 4.14. The summed E-state index contributed by atoms with van der Waals surface area (Å²) in [4.78, 5) is 36.3. The minimum atomic E-state index is -1.04.